The van der Waals surface area contributed by atoms with Crippen molar-refractivity contribution in [2.75, 3.05) is 19.6 Å². The van der Waals surface area contributed by atoms with Gasteiger partial charge in [-0.1, -0.05) is 17.7 Å². The van der Waals surface area contributed by atoms with Crippen LogP contribution in [-0.2, 0) is 9.59 Å². The molecule has 2 aromatic rings. The first-order valence-corrected chi connectivity index (χ1v) is 10.9. The van der Waals surface area contributed by atoms with Crippen molar-refractivity contribution in [3.63, 3.8) is 0 Å². The van der Waals surface area contributed by atoms with Crippen molar-refractivity contribution in [2.45, 2.75) is 19.8 Å². The van der Waals surface area contributed by atoms with E-state index in [-0.39, 0.29) is 12.0 Å². The molecular formula is C26H26FNO6. The highest BCUT2D eigenvalue weighted by atomic mass is 19.1. The molecule has 0 saturated heterocycles. The predicted octanol–water partition coefficient (Wildman–Crippen LogP) is 4.09. The lowest BCUT2D eigenvalue weighted by Gasteiger charge is -2.28. The van der Waals surface area contributed by atoms with Crippen molar-refractivity contribution in [1.29, 1.82) is 0 Å². The van der Waals surface area contributed by atoms with Gasteiger partial charge in [0.1, 0.15) is 17.3 Å². The third-order valence-electron chi connectivity index (χ3n) is 5.60. The maximum atomic E-state index is 13.3. The van der Waals surface area contributed by atoms with Crippen LogP contribution in [-0.4, -0.2) is 52.5 Å². The molecule has 3 rings (SSSR count). The van der Waals surface area contributed by atoms with Crippen molar-refractivity contribution < 1.29 is 33.7 Å². The summed E-state index contributed by atoms with van der Waals surface area (Å²) >= 11 is 0. The molecule has 0 fully saturated rings. The number of aryl methyl sites for hydroxylation is 1. The molecule has 0 saturated carbocycles. The number of carboxylic acid groups (broad SMARTS) is 2. The fourth-order valence-electron chi connectivity index (χ4n) is 3.75. The van der Waals surface area contributed by atoms with E-state index in [4.69, 9.17) is 9.84 Å². The molecule has 0 bridgehead atoms. The van der Waals surface area contributed by atoms with E-state index in [9.17, 15) is 23.9 Å². The zero-order valence-corrected chi connectivity index (χ0v) is 18.7. The number of ether oxygens (including phenoxy) is 1. The van der Waals surface area contributed by atoms with Gasteiger partial charge in [-0.15, -0.1) is 0 Å². The first kappa shape index (κ1) is 24.9. The fourth-order valence-corrected chi connectivity index (χ4v) is 3.75. The second-order valence-electron chi connectivity index (χ2n) is 8.09. The standard InChI is InChI=1S/C26H26FNO6/c1-17-2-8-20(9-3-17)34-21-10-13-28(14-11-21)15-12-22(23(26(32)33)16-24(29)30)25(31)18-4-6-19(27)7-5-18/h2-10,16,22H,11-15H2,1H3,(H,29,30)(H,32,33)/b23-16+. The highest BCUT2D eigenvalue weighted by Gasteiger charge is 2.30. The summed E-state index contributed by atoms with van der Waals surface area (Å²) in [6.07, 6.45) is 3.23. The fraction of sp³-hybridized carbons (Fsp3) is 0.269. The van der Waals surface area contributed by atoms with Gasteiger partial charge >= 0.3 is 11.9 Å². The van der Waals surface area contributed by atoms with E-state index in [0.29, 0.717) is 32.1 Å². The lowest BCUT2D eigenvalue weighted by Crippen LogP contribution is -2.34. The van der Waals surface area contributed by atoms with Crippen LogP contribution in [0.25, 0.3) is 0 Å². The van der Waals surface area contributed by atoms with E-state index in [0.717, 1.165) is 29.2 Å². The summed E-state index contributed by atoms with van der Waals surface area (Å²) in [5.41, 5.74) is 0.757. The van der Waals surface area contributed by atoms with E-state index in [2.05, 4.69) is 0 Å². The largest absolute Gasteiger partial charge is 0.478 e. The molecule has 0 radical (unpaired) electrons. The summed E-state index contributed by atoms with van der Waals surface area (Å²) in [6.45, 7) is 3.55. The molecule has 1 atom stereocenters. The Hall–Kier alpha value is -3.78. The smallest absolute Gasteiger partial charge is 0.332 e. The molecule has 0 spiro atoms. The quantitative estimate of drug-likeness (QED) is 0.401. The van der Waals surface area contributed by atoms with Crippen LogP contribution in [0.3, 0.4) is 0 Å². The summed E-state index contributed by atoms with van der Waals surface area (Å²) in [5, 5.41) is 18.7. The van der Waals surface area contributed by atoms with Crippen molar-refractivity contribution >= 4 is 17.7 Å². The minimum Gasteiger partial charge on any atom is -0.478 e. The molecule has 0 amide bonds. The van der Waals surface area contributed by atoms with Crippen LogP contribution in [0.1, 0.15) is 28.8 Å². The number of rotatable bonds is 10. The molecule has 1 aliphatic heterocycles. The van der Waals surface area contributed by atoms with Crippen LogP contribution in [0.5, 0.6) is 5.75 Å². The third-order valence-corrected chi connectivity index (χ3v) is 5.60. The van der Waals surface area contributed by atoms with Crippen LogP contribution >= 0.6 is 0 Å². The second-order valence-corrected chi connectivity index (χ2v) is 8.09. The van der Waals surface area contributed by atoms with Gasteiger partial charge in [0.05, 0.1) is 11.5 Å². The minimum absolute atomic E-state index is 0.101. The maximum Gasteiger partial charge on any atom is 0.332 e. The van der Waals surface area contributed by atoms with E-state index >= 15 is 0 Å². The third kappa shape index (κ3) is 6.86. The monoisotopic (exact) mass is 467 g/mol. The molecule has 7 nitrogen and oxygen atoms in total. The Morgan fingerprint density at radius 3 is 2.32 bits per heavy atom. The van der Waals surface area contributed by atoms with E-state index in [1.165, 1.54) is 12.1 Å². The highest BCUT2D eigenvalue weighted by Crippen LogP contribution is 2.24. The Morgan fingerprint density at radius 1 is 1.09 bits per heavy atom. The number of carboxylic acids is 2. The molecule has 34 heavy (non-hydrogen) atoms. The van der Waals surface area contributed by atoms with Gasteiger partial charge in [0.15, 0.2) is 5.78 Å². The number of hydrogen-bond acceptors (Lipinski definition) is 5. The lowest BCUT2D eigenvalue weighted by molar-refractivity contribution is -0.135. The molecule has 8 heteroatoms. The molecule has 1 aliphatic rings. The molecule has 0 aliphatic carbocycles. The molecule has 0 aromatic heterocycles. The first-order chi connectivity index (χ1) is 16.2. The number of carbonyl (C=O) groups is 3. The zero-order valence-electron chi connectivity index (χ0n) is 18.7. The summed E-state index contributed by atoms with van der Waals surface area (Å²) in [4.78, 5) is 38.1. The van der Waals surface area contributed by atoms with Crippen molar-refractivity contribution in [3.8, 4) is 5.75 Å². The van der Waals surface area contributed by atoms with E-state index in [1.807, 2.05) is 42.2 Å². The summed E-state index contributed by atoms with van der Waals surface area (Å²) in [5.74, 6) is -3.63. The number of benzene rings is 2. The molecule has 1 unspecified atom stereocenters. The van der Waals surface area contributed by atoms with Crippen molar-refractivity contribution in [3.05, 3.63) is 89.0 Å². The average Bonchev–Trinajstić information content (AvgIpc) is 2.81. The van der Waals surface area contributed by atoms with Crippen LogP contribution < -0.4 is 4.74 Å². The average molecular weight is 467 g/mol. The van der Waals surface area contributed by atoms with Crippen LogP contribution in [0.4, 0.5) is 4.39 Å². The van der Waals surface area contributed by atoms with Gasteiger partial charge in [-0.2, -0.15) is 0 Å². The zero-order chi connectivity index (χ0) is 24.7. The van der Waals surface area contributed by atoms with Crippen LogP contribution in [0.15, 0.2) is 72.0 Å². The summed E-state index contributed by atoms with van der Waals surface area (Å²) in [6, 6.07) is 12.5. The number of carbonyl (C=O) groups excluding carboxylic acids is 1. The molecule has 1 heterocycles. The summed E-state index contributed by atoms with van der Waals surface area (Å²) in [7, 11) is 0. The maximum absolute atomic E-state index is 13.3. The molecule has 2 N–H and O–H groups in total. The van der Waals surface area contributed by atoms with Gasteiger partial charge < -0.3 is 14.9 Å². The van der Waals surface area contributed by atoms with Crippen LogP contribution in [0.2, 0.25) is 0 Å². The molecule has 2 aromatic carbocycles. The van der Waals surface area contributed by atoms with Crippen molar-refractivity contribution in [2.24, 2.45) is 5.92 Å². The number of hydrogen-bond donors (Lipinski definition) is 2. The van der Waals surface area contributed by atoms with Gasteiger partial charge in [0.2, 0.25) is 0 Å². The summed E-state index contributed by atoms with van der Waals surface area (Å²) < 4.78 is 19.2. The Balaban J connectivity index is 1.70. The highest BCUT2D eigenvalue weighted by molar-refractivity contribution is 6.07. The number of aliphatic carboxylic acids is 2. The van der Waals surface area contributed by atoms with Gasteiger partial charge in [-0.3, -0.25) is 9.69 Å². The normalized spacial score (nSPS) is 15.4. The SMILES string of the molecule is Cc1ccc(OC2=CCN(CCC(C(=O)c3ccc(F)cc3)/C(=C\C(=O)O)C(=O)O)CC2)cc1. The number of halogens is 1. The van der Waals surface area contributed by atoms with E-state index < -0.39 is 35.0 Å². The number of ketones is 1. The lowest BCUT2D eigenvalue weighted by atomic mass is 9.87. The van der Waals surface area contributed by atoms with Gasteiger partial charge in [0, 0.05) is 31.1 Å². The Labute approximate surface area is 196 Å². The Morgan fingerprint density at radius 2 is 1.76 bits per heavy atom. The number of Topliss-reactive ketones (excluding diaryl/α,β-unsaturated/α-hetero) is 1. The Kier molecular flexibility index (Phi) is 8.32. The molecular weight excluding hydrogens is 441 g/mol. The van der Waals surface area contributed by atoms with Crippen LogP contribution in [0, 0.1) is 18.7 Å². The van der Waals surface area contributed by atoms with Gasteiger partial charge in [-0.25, -0.2) is 14.0 Å². The topological polar surface area (TPSA) is 104 Å². The van der Waals surface area contributed by atoms with Gasteiger partial charge in [-0.05, 0) is 62.4 Å². The minimum atomic E-state index is -1.48. The first-order valence-electron chi connectivity index (χ1n) is 10.9. The van der Waals surface area contributed by atoms with Gasteiger partial charge in [0.25, 0.3) is 0 Å². The second kappa shape index (κ2) is 11.4. The van der Waals surface area contributed by atoms with E-state index in [1.54, 1.807) is 0 Å². The molecule has 178 valence electrons. The predicted molar refractivity (Wildman–Crippen MR) is 123 cm³/mol. The van der Waals surface area contributed by atoms with Crippen molar-refractivity contribution in [1.82, 2.24) is 4.90 Å². The Bertz CT molecular complexity index is 1110. The number of nitrogens with zero attached hydrogens (tertiary/aromatic N) is 1.